The highest BCUT2D eigenvalue weighted by molar-refractivity contribution is 7.92. The fraction of sp³-hybridized carbons (Fsp3) is 0.346. The van der Waals surface area contributed by atoms with Gasteiger partial charge in [0.25, 0.3) is 0 Å². The minimum atomic E-state index is -3.41. The first-order valence-electron chi connectivity index (χ1n) is 11.4. The Bertz CT molecular complexity index is 1390. The molecule has 0 bridgehead atoms. The summed E-state index contributed by atoms with van der Waals surface area (Å²) in [6.45, 7) is 6.32. The lowest BCUT2D eigenvalue weighted by molar-refractivity contribution is -0.111. The number of carbonyl (C=O) groups is 1. The van der Waals surface area contributed by atoms with E-state index >= 15 is 0 Å². The molecule has 4 rings (SSSR count). The van der Waals surface area contributed by atoms with Crippen molar-refractivity contribution in [2.45, 2.75) is 46.5 Å². The molecule has 180 valence electrons. The van der Waals surface area contributed by atoms with Crippen molar-refractivity contribution in [2.75, 3.05) is 22.9 Å². The summed E-state index contributed by atoms with van der Waals surface area (Å²) in [5.74, 6) is 1.47. The fourth-order valence-corrected chi connectivity index (χ4v) is 5.04. The zero-order valence-corrected chi connectivity index (χ0v) is 20.8. The van der Waals surface area contributed by atoms with E-state index in [1.165, 1.54) is 11.6 Å². The van der Waals surface area contributed by atoms with E-state index in [1.807, 2.05) is 20.8 Å². The molecule has 0 radical (unpaired) electrons. The quantitative estimate of drug-likeness (QED) is 0.438. The second-order valence-electron chi connectivity index (χ2n) is 8.67. The van der Waals surface area contributed by atoms with Crippen LogP contribution in [0.25, 0.3) is 16.5 Å². The van der Waals surface area contributed by atoms with Crippen LogP contribution in [0.3, 0.4) is 0 Å². The van der Waals surface area contributed by atoms with E-state index in [1.54, 1.807) is 24.3 Å². The summed E-state index contributed by atoms with van der Waals surface area (Å²) in [4.78, 5) is 12.8. The molecule has 1 aliphatic rings. The number of benzene rings is 2. The van der Waals surface area contributed by atoms with Gasteiger partial charge in [-0.3, -0.25) is 9.52 Å². The van der Waals surface area contributed by atoms with Crippen LogP contribution in [-0.4, -0.2) is 27.2 Å². The molecule has 0 fully saturated rings. The highest BCUT2D eigenvalue weighted by atomic mass is 32.2. The molecule has 0 saturated heterocycles. The van der Waals surface area contributed by atoms with Gasteiger partial charge in [-0.1, -0.05) is 6.07 Å². The lowest BCUT2D eigenvalue weighted by Crippen LogP contribution is -2.11. The number of anilines is 2. The number of hydrogen-bond donors (Lipinski definition) is 2. The lowest BCUT2D eigenvalue weighted by Gasteiger charge is -2.15. The van der Waals surface area contributed by atoms with Gasteiger partial charge in [0.05, 0.1) is 18.6 Å². The van der Waals surface area contributed by atoms with Gasteiger partial charge in [0.2, 0.25) is 15.9 Å². The summed E-state index contributed by atoms with van der Waals surface area (Å²) >= 11 is 0. The Morgan fingerprint density at radius 3 is 2.65 bits per heavy atom. The van der Waals surface area contributed by atoms with E-state index in [-0.39, 0.29) is 5.91 Å². The van der Waals surface area contributed by atoms with Crippen molar-refractivity contribution in [2.24, 2.45) is 0 Å². The maximum absolute atomic E-state index is 12.8. The third-order valence-corrected chi connectivity index (χ3v) is 6.53. The van der Waals surface area contributed by atoms with Gasteiger partial charge in [0, 0.05) is 40.3 Å². The van der Waals surface area contributed by atoms with Crippen LogP contribution in [0.15, 0.2) is 40.8 Å². The topological polar surface area (TPSA) is 97.6 Å². The molecule has 1 amide bonds. The van der Waals surface area contributed by atoms with Gasteiger partial charge in [0.1, 0.15) is 17.1 Å². The third kappa shape index (κ3) is 5.12. The largest absolute Gasteiger partial charge is 0.493 e. The average molecular weight is 483 g/mol. The normalized spacial score (nSPS) is 14.1. The molecule has 7 nitrogen and oxygen atoms in total. The van der Waals surface area contributed by atoms with E-state index in [4.69, 9.17) is 9.15 Å². The molecule has 0 spiro atoms. The van der Waals surface area contributed by atoms with Crippen molar-refractivity contribution in [1.29, 1.82) is 0 Å². The van der Waals surface area contributed by atoms with Crippen LogP contribution in [-0.2, 0) is 27.7 Å². The Labute approximate surface area is 200 Å². The van der Waals surface area contributed by atoms with E-state index in [9.17, 15) is 13.2 Å². The van der Waals surface area contributed by atoms with Crippen molar-refractivity contribution < 1.29 is 22.4 Å². The van der Waals surface area contributed by atoms with Gasteiger partial charge in [0.15, 0.2) is 0 Å². The van der Waals surface area contributed by atoms with Gasteiger partial charge in [-0.25, -0.2) is 8.42 Å². The first-order chi connectivity index (χ1) is 16.2. The van der Waals surface area contributed by atoms with E-state index in [2.05, 4.69) is 16.1 Å². The fourth-order valence-electron chi connectivity index (χ4n) is 4.49. The van der Waals surface area contributed by atoms with Crippen LogP contribution in [0.4, 0.5) is 11.4 Å². The zero-order chi connectivity index (χ0) is 24.5. The monoisotopic (exact) mass is 482 g/mol. The first-order valence-corrected chi connectivity index (χ1v) is 13.3. The van der Waals surface area contributed by atoms with Crippen LogP contribution in [0.1, 0.15) is 49.1 Å². The minimum Gasteiger partial charge on any atom is -0.493 e. The second kappa shape index (κ2) is 9.54. The average Bonchev–Trinajstić information content (AvgIpc) is 3.13. The van der Waals surface area contributed by atoms with Gasteiger partial charge in [-0.15, -0.1) is 0 Å². The van der Waals surface area contributed by atoms with Crippen LogP contribution in [0.5, 0.6) is 5.75 Å². The van der Waals surface area contributed by atoms with Crippen molar-refractivity contribution in [1.82, 2.24) is 0 Å². The van der Waals surface area contributed by atoms with Crippen molar-refractivity contribution in [3.8, 4) is 5.75 Å². The first kappa shape index (κ1) is 23.9. The molecule has 3 aromatic rings. The van der Waals surface area contributed by atoms with Crippen molar-refractivity contribution in [3.63, 3.8) is 0 Å². The molecule has 0 saturated carbocycles. The predicted molar refractivity (Wildman–Crippen MR) is 136 cm³/mol. The minimum absolute atomic E-state index is 0.316. The highest BCUT2D eigenvalue weighted by Gasteiger charge is 2.23. The molecule has 34 heavy (non-hydrogen) atoms. The SMILES string of the molecule is CCOc1c(/C(C)=C/C(=O)Nc2cccc(NS(C)(=O)=O)c2)cc2c3c(oc2c1C)CCCC3. The standard InChI is InChI=1S/C26H30N2O5S/c1-5-32-25-17(3)26-22(20-11-6-7-12-23(20)33-26)15-21(25)16(2)13-24(29)27-18-9-8-10-19(14-18)28-34(4,30)31/h8-10,13-15,28H,5-7,11-12H2,1-4H3,(H,27,29)/b16-13+. The number of amides is 1. The molecular weight excluding hydrogens is 452 g/mol. The van der Waals surface area contributed by atoms with Crippen LogP contribution in [0.2, 0.25) is 0 Å². The van der Waals surface area contributed by atoms with Gasteiger partial charge < -0.3 is 14.5 Å². The van der Waals surface area contributed by atoms with Gasteiger partial charge >= 0.3 is 0 Å². The van der Waals surface area contributed by atoms with E-state index in [0.29, 0.717) is 18.0 Å². The summed E-state index contributed by atoms with van der Waals surface area (Å²) in [5, 5.41) is 3.90. The number of carbonyl (C=O) groups excluding carboxylic acids is 1. The molecule has 0 aliphatic heterocycles. The number of fused-ring (bicyclic) bond motifs is 3. The highest BCUT2D eigenvalue weighted by Crippen LogP contribution is 2.41. The number of allylic oxidation sites excluding steroid dienone is 1. The summed E-state index contributed by atoms with van der Waals surface area (Å²) in [6, 6.07) is 8.65. The Morgan fingerprint density at radius 1 is 1.18 bits per heavy atom. The Kier molecular flexibility index (Phi) is 6.70. The Balaban J connectivity index is 1.67. The molecule has 0 unspecified atom stereocenters. The Morgan fingerprint density at radius 2 is 1.91 bits per heavy atom. The molecule has 1 heterocycles. The predicted octanol–water partition coefficient (Wildman–Crippen LogP) is 5.43. The molecule has 2 aromatic carbocycles. The number of nitrogens with one attached hydrogen (secondary N) is 2. The lowest BCUT2D eigenvalue weighted by atomic mass is 9.93. The summed E-state index contributed by atoms with van der Waals surface area (Å²) < 4.78 is 37.6. The molecule has 1 aromatic heterocycles. The molecule has 0 atom stereocenters. The van der Waals surface area contributed by atoms with Crippen LogP contribution < -0.4 is 14.8 Å². The molecule has 2 N–H and O–H groups in total. The molecule has 8 heteroatoms. The molecular formula is C26H30N2O5S. The number of sulfonamides is 1. The Hall–Kier alpha value is -3.26. The maximum atomic E-state index is 12.8. The van der Waals surface area contributed by atoms with E-state index < -0.39 is 10.0 Å². The summed E-state index contributed by atoms with van der Waals surface area (Å²) in [6.07, 6.45) is 6.84. The van der Waals surface area contributed by atoms with E-state index in [0.717, 1.165) is 71.1 Å². The third-order valence-electron chi connectivity index (χ3n) is 5.92. The summed E-state index contributed by atoms with van der Waals surface area (Å²) in [5.41, 5.74) is 5.57. The van der Waals surface area contributed by atoms with Crippen LogP contribution in [0, 0.1) is 6.92 Å². The number of ether oxygens (including phenoxy) is 1. The second-order valence-corrected chi connectivity index (χ2v) is 10.4. The van der Waals surface area contributed by atoms with Crippen molar-refractivity contribution in [3.05, 3.63) is 58.9 Å². The van der Waals surface area contributed by atoms with Crippen molar-refractivity contribution >= 4 is 43.8 Å². The van der Waals surface area contributed by atoms with Gasteiger partial charge in [-0.2, -0.15) is 0 Å². The number of furan rings is 1. The molecule has 1 aliphatic carbocycles. The smallest absolute Gasteiger partial charge is 0.248 e. The zero-order valence-electron chi connectivity index (χ0n) is 19.9. The maximum Gasteiger partial charge on any atom is 0.248 e. The number of aryl methyl sites for hydroxylation is 3. The number of hydrogen-bond acceptors (Lipinski definition) is 5. The van der Waals surface area contributed by atoms with Crippen LogP contribution >= 0.6 is 0 Å². The summed E-state index contributed by atoms with van der Waals surface area (Å²) in [7, 11) is -3.41. The van der Waals surface area contributed by atoms with Gasteiger partial charge in [-0.05, 0) is 69.9 Å². The number of rotatable bonds is 7.